The SMILES string of the molecule is N#Cc1c(NC(=O)c2ccc(Cl)c(S(=O)(=O)N3CCOCC3)c2)sc2c1CCCC2. The number of hydrogen-bond donors (Lipinski definition) is 1. The van der Waals surface area contributed by atoms with Crippen LogP contribution in [0.5, 0.6) is 0 Å². The van der Waals surface area contributed by atoms with Crippen molar-refractivity contribution in [3.05, 3.63) is 44.8 Å². The number of carbonyl (C=O) groups is 1. The summed E-state index contributed by atoms with van der Waals surface area (Å²) >= 11 is 7.60. The molecule has 1 N–H and O–H groups in total. The molecule has 1 aliphatic heterocycles. The van der Waals surface area contributed by atoms with Gasteiger partial charge in [0.2, 0.25) is 10.0 Å². The number of thiophene rings is 1. The number of fused-ring (bicyclic) bond motifs is 1. The Morgan fingerprint density at radius 2 is 1.97 bits per heavy atom. The molecule has 1 saturated heterocycles. The van der Waals surface area contributed by atoms with E-state index in [4.69, 9.17) is 16.3 Å². The monoisotopic (exact) mass is 465 g/mol. The Labute approximate surface area is 184 Å². The summed E-state index contributed by atoms with van der Waals surface area (Å²) < 4.78 is 32.5. The zero-order valence-corrected chi connectivity index (χ0v) is 18.5. The number of carbonyl (C=O) groups excluding carboxylic acids is 1. The largest absolute Gasteiger partial charge is 0.379 e. The molecule has 1 fully saturated rings. The minimum Gasteiger partial charge on any atom is -0.379 e. The van der Waals surface area contributed by atoms with Crippen molar-refractivity contribution in [1.29, 1.82) is 5.26 Å². The molecule has 1 amide bonds. The second kappa shape index (κ2) is 8.65. The van der Waals surface area contributed by atoms with Crippen LogP contribution in [0.1, 0.15) is 39.2 Å². The molecule has 0 unspecified atom stereocenters. The average Bonchev–Trinajstić information content (AvgIpc) is 3.11. The number of aryl methyl sites for hydroxylation is 1. The van der Waals surface area contributed by atoms with Gasteiger partial charge in [0.15, 0.2) is 0 Å². The second-order valence-electron chi connectivity index (χ2n) is 7.14. The van der Waals surface area contributed by atoms with Gasteiger partial charge in [-0.25, -0.2) is 8.42 Å². The van der Waals surface area contributed by atoms with E-state index in [0.717, 1.165) is 36.1 Å². The summed E-state index contributed by atoms with van der Waals surface area (Å²) in [6, 6.07) is 6.40. The van der Waals surface area contributed by atoms with Gasteiger partial charge in [-0.1, -0.05) is 11.6 Å². The highest BCUT2D eigenvalue weighted by molar-refractivity contribution is 7.89. The van der Waals surface area contributed by atoms with Gasteiger partial charge in [-0.05, 0) is 49.4 Å². The van der Waals surface area contributed by atoms with Crippen LogP contribution in [-0.4, -0.2) is 44.9 Å². The van der Waals surface area contributed by atoms with E-state index >= 15 is 0 Å². The molecule has 2 aromatic rings. The summed E-state index contributed by atoms with van der Waals surface area (Å²) in [4.78, 5) is 13.9. The van der Waals surface area contributed by atoms with Crippen molar-refractivity contribution in [1.82, 2.24) is 4.31 Å². The second-order valence-corrected chi connectivity index (χ2v) is 10.6. The van der Waals surface area contributed by atoms with Gasteiger partial charge in [0.25, 0.3) is 5.91 Å². The van der Waals surface area contributed by atoms with Crippen LogP contribution in [0.15, 0.2) is 23.1 Å². The van der Waals surface area contributed by atoms with Crippen LogP contribution in [-0.2, 0) is 27.6 Å². The molecule has 10 heteroatoms. The van der Waals surface area contributed by atoms with Crippen LogP contribution in [0.3, 0.4) is 0 Å². The predicted octanol–water partition coefficient (Wildman–Crippen LogP) is 3.43. The van der Waals surface area contributed by atoms with Crippen molar-refractivity contribution >= 4 is 43.9 Å². The number of hydrogen-bond acceptors (Lipinski definition) is 6. The fourth-order valence-corrected chi connectivity index (χ4v) is 6.86. The first-order chi connectivity index (χ1) is 14.4. The van der Waals surface area contributed by atoms with Crippen LogP contribution >= 0.6 is 22.9 Å². The Morgan fingerprint density at radius 1 is 1.23 bits per heavy atom. The van der Waals surface area contributed by atoms with Gasteiger partial charge in [0.05, 0.1) is 23.8 Å². The quantitative estimate of drug-likeness (QED) is 0.745. The Bertz CT molecular complexity index is 1130. The number of nitriles is 1. The zero-order valence-electron chi connectivity index (χ0n) is 16.1. The summed E-state index contributed by atoms with van der Waals surface area (Å²) in [7, 11) is -3.85. The zero-order chi connectivity index (χ0) is 21.3. The number of rotatable bonds is 4. The van der Waals surface area contributed by atoms with Crippen LogP contribution in [0.4, 0.5) is 5.00 Å². The van der Waals surface area contributed by atoms with Gasteiger partial charge in [0, 0.05) is 23.5 Å². The maximum Gasteiger partial charge on any atom is 0.256 e. The number of amides is 1. The van der Waals surface area contributed by atoms with Crippen LogP contribution in [0, 0.1) is 11.3 Å². The van der Waals surface area contributed by atoms with Crippen molar-refractivity contribution < 1.29 is 17.9 Å². The molecule has 2 heterocycles. The maximum absolute atomic E-state index is 13.0. The summed E-state index contributed by atoms with van der Waals surface area (Å²) in [6.45, 7) is 1.11. The number of anilines is 1. The van der Waals surface area contributed by atoms with E-state index in [1.54, 1.807) is 0 Å². The molecule has 4 rings (SSSR count). The molecule has 0 spiro atoms. The molecule has 1 aromatic carbocycles. The standard InChI is InChI=1S/C20H20ClN3O4S2/c21-16-6-5-13(11-18(16)30(26,27)24-7-9-28-10-8-24)19(25)23-20-15(12-22)14-3-1-2-4-17(14)29-20/h5-6,11H,1-4,7-10H2,(H,23,25). The van der Waals surface area contributed by atoms with Crippen molar-refractivity contribution in [3.8, 4) is 6.07 Å². The number of nitrogens with zero attached hydrogens (tertiary/aromatic N) is 2. The molecule has 1 aromatic heterocycles. The number of benzene rings is 1. The highest BCUT2D eigenvalue weighted by Gasteiger charge is 2.29. The Balaban J connectivity index is 1.62. The summed E-state index contributed by atoms with van der Waals surface area (Å²) in [5.74, 6) is -0.472. The molecule has 1 aliphatic carbocycles. The third-order valence-corrected chi connectivity index (χ3v) is 8.88. The first-order valence-electron chi connectivity index (χ1n) is 9.65. The Kier molecular flexibility index (Phi) is 6.14. The molecule has 0 radical (unpaired) electrons. The van der Waals surface area contributed by atoms with Gasteiger partial charge < -0.3 is 10.1 Å². The molecule has 158 valence electrons. The molecule has 7 nitrogen and oxygen atoms in total. The maximum atomic E-state index is 13.0. The molecule has 30 heavy (non-hydrogen) atoms. The highest BCUT2D eigenvalue weighted by atomic mass is 35.5. The topological polar surface area (TPSA) is 99.5 Å². The summed E-state index contributed by atoms with van der Waals surface area (Å²) in [5, 5.41) is 12.9. The van der Waals surface area contributed by atoms with Crippen molar-refractivity contribution in [2.75, 3.05) is 31.6 Å². The fraction of sp³-hybridized carbons (Fsp3) is 0.400. The van der Waals surface area contributed by atoms with E-state index in [-0.39, 0.29) is 28.6 Å². The van der Waals surface area contributed by atoms with E-state index in [2.05, 4.69) is 11.4 Å². The minimum absolute atomic E-state index is 0.0577. The van der Waals surface area contributed by atoms with E-state index < -0.39 is 15.9 Å². The number of halogens is 1. The minimum atomic E-state index is -3.85. The van der Waals surface area contributed by atoms with Crippen molar-refractivity contribution in [3.63, 3.8) is 0 Å². The van der Waals surface area contributed by atoms with Gasteiger partial charge in [-0.15, -0.1) is 11.3 Å². The smallest absolute Gasteiger partial charge is 0.256 e. The Morgan fingerprint density at radius 3 is 2.70 bits per heavy atom. The molecular weight excluding hydrogens is 446 g/mol. The van der Waals surface area contributed by atoms with Gasteiger partial charge in [-0.3, -0.25) is 4.79 Å². The lowest BCUT2D eigenvalue weighted by Gasteiger charge is -2.26. The third kappa shape index (κ3) is 3.98. The normalized spacial score (nSPS) is 17.2. The predicted molar refractivity (Wildman–Crippen MR) is 115 cm³/mol. The van der Waals surface area contributed by atoms with Crippen LogP contribution < -0.4 is 5.32 Å². The first-order valence-corrected chi connectivity index (χ1v) is 12.3. The van der Waals surface area contributed by atoms with E-state index in [1.165, 1.54) is 33.8 Å². The van der Waals surface area contributed by atoms with Gasteiger partial charge >= 0.3 is 0 Å². The molecule has 0 bridgehead atoms. The van der Waals surface area contributed by atoms with Crippen molar-refractivity contribution in [2.45, 2.75) is 30.6 Å². The average molecular weight is 466 g/mol. The summed E-state index contributed by atoms with van der Waals surface area (Å²) in [6.07, 6.45) is 3.86. The number of sulfonamides is 1. The third-order valence-electron chi connectivity index (χ3n) is 5.29. The number of ether oxygens (including phenoxy) is 1. The van der Waals surface area contributed by atoms with E-state index in [0.29, 0.717) is 23.8 Å². The molecular formula is C20H20ClN3O4S2. The lowest BCUT2D eigenvalue weighted by atomic mass is 9.96. The number of morpholine rings is 1. The summed E-state index contributed by atoms with van der Waals surface area (Å²) in [5.41, 5.74) is 1.70. The molecule has 2 aliphatic rings. The highest BCUT2D eigenvalue weighted by Crippen LogP contribution is 2.38. The Hall–Kier alpha value is -1.96. The fourth-order valence-electron chi connectivity index (χ4n) is 3.72. The number of nitrogens with one attached hydrogen (secondary N) is 1. The van der Waals surface area contributed by atoms with E-state index in [1.807, 2.05) is 0 Å². The molecule has 0 saturated carbocycles. The van der Waals surface area contributed by atoms with Crippen LogP contribution in [0.25, 0.3) is 0 Å². The van der Waals surface area contributed by atoms with Gasteiger partial charge in [0.1, 0.15) is 16.0 Å². The van der Waals surface area contributed by atoms with Crippen molar-refractivity contribution in [2.24, 2.45) is 0 Å². The lowest BCUT2D eigenvalue weighted by Crippen LogP contribution is -2.40. The lowest BCUT2D eigenvalue weighted by molar-refractivity contribution is 0.0730. The van der Waals surface area contributed by atoms with Gasteiger partial charge in [-0.2, -0.15) is 9.57 Å². The van der Waals surface area contributed by atoms with Crippen LogP contribution in [0.2, 0.25) is 5.02 Å². The van der Waals surface area contributed by atoms with E-state index in [9.17, 15) is 18.5 Å². The first kappa shape index (κ1) is 21.3. The molecule has 0 atom stereocenters.